The van der Waals surface area contributed by atoms with Crippen LogP contribution in [0.15, 0.2) is 23.0 Å². The second kappa shape index (κ2) is 4.57. The minimum Gasteiger partial charge on any atom is -0.352 e. The first-order valence-corrected chi connectivity index (χ1v) is 5.76. The van der Waals surface area contributed by atoms with Crippen molar-refractivity contribution < 1.29 is 4.79 Å². The first kappa shape index (κ1) is 11.6. The molecule has 17 heavy (non-hydrogen) atoms. The van der Waals surface area contributed by atoms with Crippen molar-refractivity contribution in [3.8, 4) is 0 Å². The fourth-order valence-electron chi connectivity index (χ4n) is 1.77. The Balaban J connectivity index is 2.14. The van der Waals surface area contributed by atoms with Gasteiger partial charge in [0, 0.05) is 30.3 Å². The lowest BCUT2D eigenvalue weighted by molar-refractivity contribution is -0.124. The standard InChI is InChI=1S/C13H16N2O2/c1-9(2)12(16)14-8-10-5-6-11-4-3-7-15(11)13(10)17/h3-6,9H,7-8H2,1-2H3,(H,14,16). The van der Waals surface area contributed by atoms with Gasteiger partial charge in [-0.05, 0) is 18.2 Å². The van der Waals surface area contributed by atoms with Crippen molar-refractivity contribution in [3.63, 3.8) is 0 Å². The molecule has 0 saturated carbocycles. The fraction of sp³-hybridized carbons (Fsp3) is 0.385. The number of hydrogen-bond donors (Lipinski definition) is 1. The maximum absolute atomic E-state index is 12.0. The molecule has 0 bridgehead atoms. The van der Waals surface area contributed by atoms with E-state index in [1.54, 1.807) is 10.6 Å². The molecule has 0 fully saturated rings. The van der Waals surface area contributed by atoms with Crippen LogP contribution >= 0.6 is 0 Å². The smallest absolute Gasteiger partial charge is 0.256 e. The average Bonchev–Trinajstić information content (AvgIpc) is 2.76. The molecule has 90 valence electrons. The Labute approximate surface area is 100.0 Å². The van der Waals surface area contributed by atoms with Crippen LogP contribution in [-0.4, -0.2) is 10.5 Å². The number of rotatable bonds is 3. The van der Waals surface area contributed by atoms with Crippen molar-refractivity contribution in [3.05, 3.63) is 39.8 Å². The Bertz CT molecular complexity index is 527. The highest BCUT2D eigenvalue weighted by molar-refractivity contribution is 5.77. The van der Waals surface area contributed by atoms with Gasteiger partial charge >= 0.3 is 0 Å². The van der Waals surface area contributed by atoms with Crippen LogP contribution in [0.2, 0.25) is 0 Å². The first-order chi connectivity index (χ1) is 8.09. The molecule has 1 aromatic rings. The van der Waals surface area contributed by atoms with Crippen molar-refractivity contribution in [2.45, 2.75) is 26.9 Å². The molecule has 4 nitrogen and oxygen atoms in total. The van der Waals surface area contributed by atoms with Gasteiger partial charge in [-0.25, -0.2) is 0 Å². The molecule has 1 aliphatic heterocycles. The molecule has 0 spiro atoms. The van der Waals surface area contributed by atoms with Gasteiger partial charge in [-0.1, -0.05) is 19.9 Å². The summed E-state index contributed by atoms with van der Waals surface area (Å²) < 4.78 is 1.71. The highest BCUT2D eigenvalue weighted by Crippen LogP contribution is 2.09. The summed E-state index contributed by atoms with van der Waals surface area (Å²) in [6.45, 7) is 4.58. The van der Waals surface area contributed by atoms with Gasteiger partial charge in [0.2, 0.25) is 5.91 Å². The van der Waals surface area contributed by atoms with Gasteiger partial charge in [0.1, 0.15) is 0 Å². The van der Waals surface area contributed by atoms with Crippen LogP contribution in [-0.2, 0) is 17.9 Å². The number of hydrogen-bond acceptors (Lipinski definition) is 2. The molecule has 1 aromatic heterocycles. The summed E-state index contributed by atoms with van der Waals surface area (Å²) in [5, 5.41) is 2.76. The number of pyridine rings is 1. The molecule has 0 aliphatic carbocycles. The zero-order chi connectivity index (χ0) is 12.4. The number of nitrogens with zero attached hydrogens (tertiary/aromatic N) is 1. The summed E-state index contributed by atoms with van der Waals surface area (Å²) in [6, 6.07) is 3.69. The third-order valence-corrected chi connectivity index (χ3v) is 2.84. The number of carbonyl (C=O) groups excluding carboxylic acids is 1. The van der Waals surface area contributed by atoms with Crippen molar-refractivity contribution in [1.82, 2.24) is 9.88 Å². The lowest BCUT2D eigenvalue weighted by Crippen LogP contribution is -2.32. The molecule has 0 unspecified atom stereocenters. The molecule has 0 radical (unpaired) electrons. The van der Waals surface area contributed by atoms with Gasteiger partial charge in [0.15, 0.2) is 0 Å². The van der Waals surface area contributed by atoms with E-state index in [9.17, 15) is 9.59 Å². The van der Waals surface area contributed by atoms with Crippen LogP contribution in [0.1, 0.15) is 25.1 Å². The Morgan fingerprint density at radius 1 is 1.47 bits per heavy atom. The number of fused-ring (bicyclic) bond motifs is 1. The summed E-state index contributed by atoms with van der Waals surface area (Å²) >= 11 is 0. The molecule has 0 saturated heterocycles. The zero-order valence-electron chi connectivity index (χ0n) is 10.1. The van der Waals surface area contributed by atoms with E-state index in [1.807, 2.05) is 32.1 Å². The van der Waals surface area contributed by atoms with Crippen LogP contribution in [0.3, 0.4) is 0 Å². The maximum atomic E-state index is 12.0. The van der Waals surface area contributed by atoms with E-state index in [1.165, 1.54) is 0 Å². The van der Waals surface area contributed by atoms with Gasteiger partial charge in [-0.3, -0.25) is 9.59 Å². The van der Waals surface area contributed by atoms with Crippen LogP contribution < -0.4 is 10.9 Å². The third-order valence-electron chi connectivity index (χ3n) is 2.84. The molecule has 1 aliphatic rings. The number of aromatic nitrogens is 1. The van der Waals surface area contributed by atoms with Crippen molar-refractivity contribution in [2.75, 3.05) is 0 Å². The number of nitrogens with one attached hydrogen (secondary N) is 1. The summed E-state index contributed by atoms with van der Waals surface area (Å²) in [5.74, 6) is -0.0955. The minimum absolute atomic E-state index is 0.0171. The fourth-order valence-corrected chi connectivity index (χ4v) is 1.77. The maximum Gasteiger partial charge on any atom is 0.256 e. The molecule has 2 rings (SSSR count). The van der Waals surface area contributed by atoms with Crippen LogP contribution in [0.5, 0.6) is 0 Å². The lowest BCUT2D eigenvalue weighted by Gasteiger charge is -2.09. The van der Waals surface area contributed by atoms with E-state index in [0.29, 0.717) is 18.7 Å². The SMILES string of the molecule is CC(C)C(=O)NCc1ccc2n(c1=O)CC=C2. The largest absolute Gasteiger partial charge is 0.352 e. The molecule has 2 heterocycles. The van der Waals surface area contributed by atoms with Gasteiger partial charge in [-0.15, -0.1) is 0 Å². The minimum atomic E-state index is -0.0613. The van der Waals surface area contributed by atoms with E-state index in [0.717, 1.165) is 5.69 Å². The number of allylic oxidation sites excluding steroid dienone is 1. The predicted molar refractivity (Wildman–Crippen MR) is 66.4 cm³/mol. The van der Waals surface area contributed by atoms with Crippen molar-refractivity contribution in [1.29, 1.82) is 0 Å². The molecule has 1 amide bonds. The molecular weight excluding hydrogens is 216 g/mol. The van der Waals surface area contributed by atoms with E-state index >= 15 is 0 Å². The lowest BCUT2D eigenvalue weighted by atomic mass is 10.2. The van der Waals surface area contributed by atoms with E-state index in [4.69, 9.17) is 0 Å². The van der Waals surface area contributed by atoms with Crippen LogP contribution in [0.4, 0.5) is 0 Å². The van der Waals surface area contributed by atoms with Crippen molar-refractivity contribution >= 4 is 12.0 Å². The summed E-state index contributed by atoms with van der Waals surface area (Å²) in [6.07, 6.45) is 3.88. The quantitative estimate of drug-likeness (QED) is 0.849. The topological polar surface area (TPSA) is 51.1 Å². The molecule has 1 N–H and O–H groups in total. The van der Waals surface area contributed by atoms with Gasteiger partial charge in [0.25, 0.3) is 5.56 Å². The highest BCUT2D eigenvalue weighted by Gasteiger charge is 2.11. The van der Waals surface area contributed by atoms with E-state index < -0.39 is 0 Å². The first-order valence-electron chi connectivity index (χ1n) is 5.76. The normalized spacial score (nSPS) is 12.9. The number of amides is 1. The van der Waals surface area contributed by atoms with E-state index in [-0.39, 0.29) is 17.4 Å². The summed E-state index contributed by atoms with van der Waals surface area (Å²) in [5.41, 5.74) is 1.54. The Morgan fingerprint density at radius 3 is 2.94 bits per heavy atom. The summed E-state index contributed by atoms with van der Waals surface area (Å²) in [4.78, 5) is 23.4. The van der Waals surface area contributed by atoms with Crippen LogP contribution in [0, 0.1) is 5.92 Å². The Kier molecular flexibility index (Phi) is 3.13. The molecule has 0 aromatic carbocycles. The zero-order valence-corrected chi connectivity index (χ0v) is 10.1. The van der Waals surface area contributed by atoms with Gasteiger partial charge < -0.3 is 9.88 Å². The predicted octanol–water partition coefficient (Wildman–Crippen LogP) is 1.15. The molecule has 0 atom stereocenters. The van der Waals surface area contributed by atoms with Gasteiger partial charge in [-0.2, -0.15) is 0 Å². The molecular formula is C13H16N2O2. The Hall–Kier alpha value is -1.84. The second-order valence-corrected chi connectivity index (χ2v) is 4.47. The monoisotopic (exact) mass is 232 g/mol. The van der Waals surface area contributed by atoms with E-state index in [2.05, 4.69) is 5.32 Å². The second-order valence-electron chi connectivity index (χ2n) is 4.47. The van der Waals surface area contributed by atoms with Crippen LogP contribution in [0.25, 0.3) is 6.08 Å². The third kappa shape index (κ3) is 2.30. The average molecular weight is 232 g/mol. The molecule has 4 heteroatoms. The van der Waals surface area contributed by atoms with Crippen molar-refractivity contribution in [2.24, 2.45) is 5.92 Å². The highest BCUT2D eigenvalue weighted by atomic mass is 16.2. The van der Waals surface area contributed by atoms with Gasteiger partial charge in [0.05, 0.1) is 0 Å². The summed E-state index contributed by atoms with van der Waals surface area (Å²) in [7, 11) is 0. The Morgan fingerprint density at radius 2 is 2.24 bits per heavy atom. The number of carbonyl (C=O) groups is 1.